The topological polar surface area (TPSA) is 41.6 Å². The Morgan fingerprint density at radius 2 is 1.80 bits per heavy atom. The van der Waals surface area contributed by atoms with Gasteiger partial charge in [-0.25, -0.2) is 4.98 Å². The van der Waals surface area contributed by atoms with Crippen LogP contribution in [0.1, 0.15) is 55.5 Å². The van der Waals surface area contributed by atoms with E-state index in [-0.39, 0.29) is 5.92 Å². The van der Waals surface area contributed by atoms with E-state index in [1.807, 2.05) is 25.1 Å². The number of para-hydroxylation sites is 1. The first kappa shape index (κ1) is 26.3. The minimum absolute atomic E-state index is 0.141. The molecule has 5 aromatic rings. The largest absolute Gasteiger partial charge is 0.309 e. The summed E-state index contributed by atoms with van der Waals surface area (Å²) in [4.78, 5) is 4.68. The van der Waals surface area contributed by atoms with E-state index in [0.717, 1.165) is 35.3 Å². The molecule has 1 aliphatic carbocycles. The number of nitrogens with zero attached hydrogens (tertiary/aromatic N) is 3. The van der Waals surface area contributed by atoms with Gasteiger partial charge in [0.2, 0.25) is 0 Å². The van der Waals surface area contributed by atoms with Gasteiger partial charge < -0.3 is 4.57 Å². The van der Waals surface area contributed by atoms with Crippen molar-refractivity contribution in [1.29, 1.82) is 5.26 Å². The van der Waals surface area contributed by atoms with Crippen LogP contribution in [0.3, 0.4) is 0 Å². The van der Waals surface area contributed by atoms with Crippen LogP contribution in [0.5, 0.6) is 0 Å². The summed E-state index contributed by atoms with van der Waals surface area (Å²) in [6.07, 6.45) is 19.0. The highest BCUT2D eigenvalue weighted by molar-refractivity contribution is 6.09. The Balaban J connectivity index is 1.47. The number of allylic oxidation sites excluding steroid dienone is 8. The summed E-state index contributed by atoms with van der Waals surface area (Å²) in [6, 6.07) is 30.5. The number of fused-ring (bicyclic) bond motifs is 3. The maximum Gasteiger partial charge on any atom is 0.141 e. The third kappa shape index (κ3) is 5.17. The van der Waals surface area contributed by atoms with Crippen molar-refractivity contribution in [3.05, 3.63) is 144 Å². The Morgan fingerprint density at radius 3 is 2.61 bits per heavy atom. The molecule has 0 fully saturated rings. The Bertz CT molecular complexity index is 1890. The predicted octanol–water partition coefficient (Wildman–Crippen LogP) is 9.94. The first-order chi connectivity index (χ1) is 20.2. The van der Waals surface area contributed by atoms with E-state index in [0.29, 0.717) is 11.6 Å². The molecule has 3 nitrogen and oxygen atoms in total. The lowest BCUT2D eigenvalue weighted by Crippen LogP contribution is -2.00. The zero-order valence-electron chi connectivity index (χ0n) is 23.5. The second-order valence-electron chi connectivity index (χ2n) is 10.5. The van der Waals surface area contributed by atoms with Crippen molar-refractivity contribution < 1.29 is 0 Å². The van der Waals surface area contributed by atoms with Gasteiger partial charge in [0, 0.05) is 34.0 Å². The van der Waals surface area contributed by atoms with Gasteiger partial charge in [0.15, 0.2) is 0 Å². The second kappa shape index (κ2) is 11.7. The van der Waals surface area contributed by atoms with Crippen LogP contribution >= 0.6 is 0 Å². The molecule has 41 heavy (non-hydrogen) atoms. The zero-order valence-corrected chi connectivity index (χ0v) is 23.5. The van der Waals surface area contributed by atoms with E-state index in [1.165, 1.54) is 27.4 Å². The summed E-state index contributed by atoms with van der Waals surface area (Å²) < 4.78 is 2.36. The van der Waals surface area contributed by atoms with E-state index >= 15 is 0 Å². The smallest absolute Gasteiger partial charge is 0.141 e. The molecule has 2 aromatic heterocycles. The lowest BCUT2D eigenvalue weighted by atomic mass is 9.91. The quantitative estimate of drug-likeness (QED) is 0.196. The normalized spacial score (nSPS) is 15.8. The van der Waals surface area contributed by atoms with Crippen molar-refractivity contribution in [3.8, 4) is 22.9 Å². The van der Waals surface area contributed by atoms with Crippen LogP contribution in [-0.2, 0) is 0 Å². The van der Waals surface area contributed by atoms with Gasteiger partial charge in [0.25, 0.3) is 0 Å². The van der Waals surface area contributed by atoms with Gasteiger partial charge in [-0.1, -0.05) is 91.9 Å². The van der Waals surface area contributed by atoms with E-state index in [1.54, 1.807) is 0 Å². The molecule has 6 rings (SSSR count). The number of benzene rings is 3. The van der Waals surface area contributed by atoms with Crippen LogP contribution in [0, 0.1) is 11.3 Å². The van der Waals surface area contributed by atoms with E-state index in [9.17, 15) is 5.26 Å². The number of aromatic nitrogens is 2. The molecule has 0 amide bonds. The Labute approximate surface area is 242 Å². The number of hydrogen-bond acceptors (Lipinski definition) is 2. The van der Waals surface area contributed by atoms with Crippen molar-refractivity contribution in [2.24, 2.45) is 0 Å². The number of hydrogen-bond donors (Lipinski definition) is 0. The van der Waals surface area contributed by atoms with Gasteiger partial charge in [0.1, 0.15) is 11.8 Å². The molecular formula is C38H33N3. The average molecular weight is 532 g/mol. The Kier molecular flexibility index (Phi) is 7.48. The first-order valence-corrected chi connectivity index (χ1v) is 14.4. The SMILES string of the molecule is C/C=C\C=C/C(CC)c1cc(-c2cccc(-n3c4ccccc4c4cc(C5C=CC=CC5)ccc43)c2)cc(C#N)n1. The summed E-state index contributed by atoms with van der Waals surface area (Å²) in [5.41, 5.74) is 8.25. The molecule has 3 aromatic carbocycles. The first-order valence-electron chi connectivity index (χ1n) is 14.4. The van der Waals surface area contributed by atoms with Crippen molar-refractivity contribution in [3.63, 3.8) is 0 Å². The Morgan fingerprint density at radius 1 is 0.927 bits per heavy atom. The summed E-state index contributed by atoms with van der Waals surface area (Å²) in [5.74, 6) is 0.548. The summed E-state index contributed by atoms with van der Waals surface area (Å²) in [7, 11) is 0. The van der Waals surface area contributed by atoms with Gasteiger partial charge in [-0.2, -0.15) is 5.26 Å². The van der Waals surface area contributed by atoms with Crippen molar-refractivity contribution >= 4 is 21.8 Å². The van der Waals surface area contributed by atoms with Crippen LogP contribution in [0.15, 0.2) is 127 Å². The molecule has 0 aliphatic heterocycles. The fourth-order valence-electron chi connectivity index (χ4n) is 5.87. The van der Waals surface area contributed by atoms with Crippen LogP contribution in [0.4, 0.5) is 0 Å². The minimum atomic E-state index is 0.141. The van der Waals surface area contributed by atoms with Crippen LogP contribution in [-0.4, -0.2) is 9.55 Å². The zero-order chi connectivity index (χ0) is 28.2. The molecule has 2 heterocycles. The van der Waals surface area contributed by atoms with Crippen LogP contribution < -0.4 is 0 Å². The van der Waals surface area contributed by atoms with Crippen LogP contribution in [0.25, 0.3) is 38.6 Å². The molecule has 0 spiro atoms. The molecule has 2 unspecified atom stereocenters. The van der Waals surface area contributed by atoms with Crippen molar-refractivity contribution in [2.45, 2.75) is 38.5 Å². The molecular weight excluding hydrogens is 498 g/mol. The van der Waals surface area contributed by atoms with Crippen molar-refractivity contribution in [2.75, 3.05) is 0 Å². The molecule has 0 saturated heterocycles. The molecule has 0 bridgehead atoms. The van der Waals surface area contributed by atoms with Gasteiger partial charge in [-0.3, -0.25) is 0 Å². The summed E-state index contributed by atoms with van der Waals surface area (Å²) >= 11 is 0. The van der Waals surface area contributed by atoms with E-state index in [4.69, 9.17) is 0 Å². The maximum absolute atomic E-state index is 9.81. The molecule has 0 radical (unpaired) electrons. The number of rotatable bonds is 7. The minimum Gasteiger partial charge on any atom is -0.309 e. The molecule has 3 heteroatoms. The van der Waals surface area contributed by atoms with Gasteiger partial charge in [0.05, 0.1) is 11.0 Å². The fraction of sp³-hybridized carbons (Fsp3) is 0.158. The Hall–Kier alpha value is -4.94. The number of nitriles is 1. The van der Waals surface area contributed by atoms with Crippen LogP contribution in [0.2, 0.25) is 0 Å². The lowest BCUT2D eigenvalue weighted by Gasteiger charge is -2.15. The molecule has 0 saturated carbocycles. The summed E-state index contributed by atoms with van der Waals surface area (Å²) in [6.45, 7) is 4.16. The summed E-state index contributed by atoms with van der Waals surface area (Å²) in [5, 5.41) is 12.3. The molecule has 200 valence electrons. The van der Waals surface area contributed by atoms with E-state index in [2.05, 4.69) is 132 Å². The average Bonchev–Trinajstić information content (AvgIpc) is 3.37. The molecule has 2 atom stereocenters. The monoisotopic (exact) mass is 531 g/mol. The number of pyridine rings is 1. The molecule has 1 aliphatic rings. The third-order valence-electron chi connectivity index (χ3n) is 7.97. The predicted molar refractivity (Wildman–Crippen MR) is 171 cm³/mol. The van der Waals surface area contributed by atoms with Gasteiger partial charge in [-0.05, 0) is 78.9 Å². The lowest BCUT2D eigenvalue weighted by molar-refractivity contribution is 0.773. The van der Waals surface area contributed by atoms with Gasteiger partial charge in [-0.15, -0.1) is 0 Å². The second-order valence-corrected chi connectivity index (χ2v) is 10.5. The van der Waals surface area contributed by atoms with Gasteiger partial charge >= 0.3 is 0 Å². The highest BCUT2D eigenvalue weighted by Gasteiger charge is 2.17. The van der Waals surface area contributed by atoms with E-state index < -0.39 is 0 Å². The highest BCUT2D eigenvalue weighted by Crippen LogP contribution is 2.36. The third-order valence-corrected chi connectivity index (χ3v) is 7.97. The highest BCUT2D eigenvalue weighted by atomic mass is 15.0. The van der Waals surface area contributed by atoms with Crippen molar-refractivity contribution in [1.82, 2.24) is 9.55 Å². The fourth-order valence-corrected chi connectivity index (χ4v) is 5.87. The standard InChI is InChI=1S/C38H33N3/c1-3-5-7-13-27(4-2)36-25-31(22-32(26-39)40-36)29-16-12-17-33(23-29)41-37-19-11-10-18-34(37)35-24-30(20-21-38(35)41)28-14-8-6-9-15-28/h3,5-14,16-25,27-28H,4,15H2,1-2H3/b5-3-,13-7-. The molecule has 0 N–H and O–H groups in total. The maximum atomic E-state index is 9.81.